The molecule has 0 saturated carbocycles. The van der Waals surface area contributed by atoms with E-state index in [-0.39, 0.29) is 19.0 Å². The number of rotatable bonds is 6. The first-order valence-corrected chi connectivity index (χ1v) is 8.27. The van der Waals surface area contributed by atoms with Crippen LogP contribution in [0.25, 0.3) is 11.4 Å². The van der Waals surface area contributed by atoms with Crippen LogP contribution in [0.3, 0.4) is 0 Å². The maximum Gasteiger partial charge on any atom is 0.471 e. The number of hydrogen-bond acceptors (Lipinski definition) is 7. The molecule has 0 spiro atoms. The van der Waals surface area contributed by atoms with Gasteiger partial charge in [-0.2, -0.15) is 31.3 Å². The number of benzene rings is 1. The van der Waals surface area contributed by atoms with E-state index in [1.165, 1.54) is 12.1 Å². The van der Waals surface area contributed by atoms with E-state index in [1.54, 1.807) is 13.8 Å². The van der Waals surface area contributed by atoms with Crippen molar-refractivity contribution < 1.29 is 44.9 Å². The van der Waals surface area contributed by atoms with Crippen LogP contribution in [0.1, 0.15) is 22.7 Å². The second-order valence-electron chi connectivity index (χ2n) is 6.09. The quantitative estimate of drug-likeness (QED) is 0.403. The third-order valence-electron chi connectivity index (χ3n) is 3.74. The molecule has 0 bridgehead atoms. The topological polar surface area (TPSA) is 83.4 Å². The van der Waals surface area contributed by atoms with Crippen molar-refractivity contribution in [2.45, 2.75) is 26.2 Å². The van der Waals surface area contributed by atoms with E-state index in [9.17, 15) is 26.3 Å². The summed E-state index contributed by atoms with van der Waals surface area (Å²) in [5.74, 6) is -1.66. The molecule has 0 aliphatic heterocycles. The van der Waals surface area contributed by atoms with Gasteiger partial charge in [0.1, 0.15) is 19.0 Å². The summed E-state index contributed by atoms with van der Waals surface area (Å²) in [5.41, 5.74) is 0.231. The SMILES string of the molecule is Cc1cc(-c2noc(C(F)(F)F)n2)cc(C)c1OCCOc1cc(C(F)(F)F)no1. The van der Waals surface area contributed by atoms with Gasteiger partial charge in [0.25, 0.3) is 0 Å². The minimum absolute atomic E-state index is 0.0382. The van der Waals surface area contributed by atoms with Crippen LogP contribution in [0.4, 0.5) is 26.3 Å². The molecule has 30 heavy (non-hydrogen) atoms. The van der Waals surface area contributed by atoms with Gasteiger partial charge < -0.3 is 18.5 Å². The number of halogens is 6. The molecular weight excluding hydrogens is 424 g/mol. The van der Waals surface area contributed by atoms with E-state index in [0.29, 0.717) is 28.5 Å². The normalized spacial score (nSPS) is 12.3. The molecule has 2 heterocycles. The monoisotopic (exact) mass is 437 g/mol. The third-order valence-corrected chi connectivity index (χ3v) is 3.74. The van der Waals surface area contributed by atoms with Crippen LogP contribution in [0.2, 0.25) is 0 Å². The zero-order valence-corrected chi connectivity index (χ0v) is 15.4. The van der Waals surface area contributed by atoms with Crippen LogP contribution >= 0.6 is 0 Å². The molecule has 13 heteroatoms. The fourth-order valence-corrected chi connectivity index (χ4v) is 2.51. The summed E-state index contributed by atoms with van der Waals surface area (Å²) in [6, 6.07) is 3.64. The Balaban J connectivity index is 1.62. The molecule has 0 atom stereocenters. The van der Waals surface area contributed by atoms with Crippen LogP contribution in [-0.2, 0) is 12.4 Å². The molecule has 0 aliphatic carbocycles. The Morgan fingerprint density at radius 3 is 2.00 bits per heavy atom. The summed E-state index contributed by atoms with van der Waals surface area (Å²) in [5, 5.41) is 6.18. The molecule has 0 aliphatic rings. The Bertz CT molecular complexity index is 1000. The molecule has 3 aromatic rings. The standard InChI is InChI=1S/C17H13F6N3O4/c1-8-5-10(14-24-15(30-26-14)17(21,22)23)6-9(2)13(8)28-4-3-27-12-7-11(25-29-12)16(18,19)20/h5-7H,3-4H2,1-2H3. The van der Waals surface area contributed by atoms with Gasteiger partial charge in [-0.25, -0.2) is 0 Å². The van der Waals surface area contributed by atoms with Gasteiger partial charge >= 0.3 is 24.2 Å². The molecule has 0 saturated heterocycles. The summed E-state index contributed by atoms with van der Waals surface area (Å²) >= 11 is 0. The zero-order valence-electron chi connectivity index (χ0n) is 15.4. The minimum Gasteiger partial charge on any atom is -0.489 e. The number of nitrogens with zero attached hydrogens (tertiary/aromatic N) is 3. The second-order valence-corrected chi connectivity index (χ2v) is 6.09. The first kappa shape index (κ1) is 21.5. The highest BCUT2D eigenvalue weighted by atomic mass is 19.4. The van der Waals surface area contributed by atoms with E-state index >= 15 is 0 Å². The van der Waals surface area contributed by atoms with Crippen LogP contribution in [-0.4, -0.2) is 28.5 Å². The van der Waals surface area contributed by atoms with Gasteiger partial charge in [0.15, 0.2) is 5.69 Å². The van der Waals surface area contributed by atoms with Crippen molar-refractivity contribution in [1.82, 2.24) is 15.3 Å². The summed E-state index contributed by atoms with van der Waals surface area (Å²) in [6.07, 6.45) is -9.39. The van der Waals surface area contributed by atoms with Gasteiger partial charge in [0.05, 0.1) is 6.07 Å². The van der Waals surface area contributed by atoms with Crippen LogP contribution < -0.4 is 9.47 Å². The third kappa shape index (κ3) is 4.83. The molecule has 3 rings (SSSR count). The molecule has 0 fully saturated rings. The molecular formula is C17H13F6N3O4. The minimum atomic E-state index is -4.75. The van der Waals surface area contributed by atoms with Gasteiger partial charge in [-0.3, -0.25) is 0 Å². The molecule has 162 valence electrons. The second kappa shape index (κ2) is 7.88. The molecule has 0 amide bonds. The lowest BCUT2D eigenvalue weighted by molar-refractivity contribution is -0.159. The lowest BCUT2D eigenvalue weighted by Crippen LogP contribution is -2.10. The Kier molecular flexibility index (Phi) is 5.63. The maximum atomic E-state index is 12.6. The lowest BCUT2D eigenvalue weighted by atomic mass is 10.1. The molecule has 2 aromatic heterocycles. The predicted molar refractivity (Wildman–Crippen MR) is 86.7 cm³/mol. The fraction of sp³-hybridized carbons (Fsp3) is 0.353. The van der Waals surface area contributed by atoms with E-state index < -0.39 is 29.9 Å². The van der Waals surface area contributed by atoms with Crippen molar-refractivity contribution in [3.63, 3.8) is 0 Å². The van der Waals surface area contributed by atoms with Crippen molar-refractivity contribution in [2.24, 2.45) is 0 Å². The Hall–Kier alpha value is -3.25. The first-order valence-electron chi connectivity index (χ1n) is 8.27. The van der Waals surface area contributed by atoms with Crippen molar-refractivity contribution in [3.05, 3.63) is 40.9 Å². The maximum absolute atomic E-state index is 12.6. The van der Waals surface area contributed by atoms with Gasteiger partial charge in [0, 0.05) is 5.56 Å². The molecule has 7 nitrogen and oxygen atoms in total. The Morgan fingerprint density at radius 2 is 1.47 bits per heavy atom. The van der Waals surface area contributed by atoms with Crippen LogP contribution in [0.15, 0.2) is 27.2 Å². The smallest absolute Gasteiger partial charge is 0.471 e. The van der Waals surface area contributed by atoms with Crippen molar-refractivity contribution >= 4 is 0 Å². The van der Waals surface area contributed by atoms with Crippen molar-refractivity contribution in [2.75, 3.05) is 13.2 Å². The Labute approximate surface area is 164 Å². The first-order chi connectivity index (χ1) is 13.9. The van der Waals surface area contributed by atoms with Crippen LogP contribution in [0, 0.1) is 13.8 Å². The fourth-order valence-electron chi connectivity index (χ4n) is 2.51. The molecule has 0 radical (unpaired) electrons. The van der Waals surface area contributed by atoms with Gasteiger partial charge in [0.2, 0.25) is 5.82 Å². The highest BCUT2D eigenvalue weighted by molar-refractivity contribution is 5.61. The van der Waals surface area contributed by atoms with Crippen molar-refractivity contribution in [1.29, 1.82) is 0 Å². The van der Waals surface area contributed by atoms with Gasteiger partial charge in [-0.05, 0) is 37.1 Å². The lowest BCUT2D eigenvalue weighted by Gasteiger charge is -2.13. The molecule has 0 N–H and O–H groups in total. The summed E-state index contributed by atoms with van der Waals surface area (Å²) in [4.78, 5) is 3.33. The Morgan fingerprint density at radius 1 is 0.833 bits per heavy atom. The average molecular weight is 437 g/mol. The molecule has 1 aromatic carbocycles. The molecule has 0 unspecified atom stereocenters. The van der Waals surface area contributed by atoms with Gasteiger partial charge in [-0.15, -0.1) is 0 Å². The summed E-state index contributed by atoms with van der Waals surface area (Å²) in [7, 11) is 0. The largest absolute Gasteiger partial charge is 0.489 e. The summed E-state index contributed by atoms with van der Waals surface area (Å²) < 4.78 is 94.4. The number of ether oxygens (including phenoxy) is 2. The van der Waals surface area contributed by atoms with E-state index in [0.717, 1.165) is 0 Å². The van der Waals surface area contributed by atoms with Crippen LogP contribution in [0.5, 0.6) is 11.7 Å². The van der Waals surface area contributed by atoms with E-state index in [4.69, 9.17) is 9.47 Å². The van der Waals surface area contributed by atoms with E-state index in [2.05, 4.69) is 24.3 Å². The number of aromatic nitrogens is 3. The van der Waals surface area contributed by atoms with Crippen molar-refractivity contribution in [3.8, 4) is 23.1 Å². The predicted octanol–water partition coefficient (Wildman–Crippen LogP) is 4.84. The highest BCUT2D eigenvalue weighted by Crippen LogP contribution is 2.33. The number of aryl methyl sites for hydroxylation is 2. The highest BCUT2D eigenvalue weighted by Gasteiger charge is 2.38. The summed E-state index contributed by atoms with van der Waals surface area (Å²) in [6.45, 7) is 3.14. The number of hydrogen-bond donors (Lipinski definition) is 0. The average Bonchev–Trinajstić information content (AvgIpc) is 3.29. The zero-order chi connectivity index (χ0) is 22.1. The number of alkyl halides is 6. The van der Waals surface area contributed by atoms with E-state index in [1.807, 2.05) is 0 Å². The van der Waals surface area contributed by atoms with Gasteiger partial charge in [-0.1, -0.05) is 10.3 Å².